The number of carbonyl (C=O) groups excluding carboxylic acids is 1. The maximum absolute atomic E-state index is 12.0. The lowest BCUT2D eigenvalue weighted by Gasteiger charge is -2.02. The number of hydrogen-bond acceptors (Lipinski definition) is 3. The van der Waals surface area contributed by atoms with Crippen LogP contribution in [-0.2, 0) is 4.74 Å². The summed E-state index contributed by atoms with van der Waals surface area (Å²) in [4.78, 5) is 19.8. The molecule has 0 atom stereocenters. The van der Waals surface area contributed by atoms with Crippen molar-refractivity contribution in [1.29, 1.82) is 0 Å². The van der Waals surface area contributed by atoms with E-state index < -0.39 is 5.97 Å². The Hall–Kier alpha value is -1.92. The van der Waals surface area contributed by atoms with Crippen LogP contribution >= 0.6 is 31.9 Å². The van der Waals surface area contributed by atoms with Gasteiger partial charge in [-0.1, -0.05) is 46.8 Å². The third-order valence-corrected chi connectivity index (χ3v) is 4.53. The molecule has 0 aliphatic heterocycles. The van der Waals surface area contributed by atoms with Crippen LogP contribution < -0.4 is 0 Å². The monoisotopic (exact) mass is 434 g/mol. The Morgan fingerprint density at radius 2 is 2.04 bits per heavy atom. The van der Waals surface area contributed by atoms with Crippen LogP contribution in [0.1, 0.15) is 10.4 Å². The number of fused-ring (bicyclic) bond motifs is 1. The van der Waals surface area contributed by atoms with Gasteiger partial charge in [0, 0.05) is 14.5 Å². The average Bonchev–Trinajstić information content (AvgIpc) is 2.97. The Labute approximate surface area is 149 Å². The normalized spacial score (nSPS) is 10.7. The van der Waals surface area contributed by atoms with Crippen LogP contribution in [-0.4, -0.2) is 22.5 Å². The molecule has 1 N–H and O–H groups in total. The van der Waals surface area contributed by atoms with Gasteiger partial charge in [0.15, 0.2) is 0 Å². The predicted octanol–water partition coefficient (Wildman–Crippen LogP) is 5.10. The molecule has 0 aliphatic rings. The van der Waals surface area contributed by atoms with Crippen molar-refractivity contribution in [3.8, 4) is 11.4 Å². The molecule has 0 amide bonds. The van der Waals surface area contributed by atoms with Gasteiger partial charge < -0.3 is 9.72 Å². The molecule has 0 bridgehead atoms. The molecule has 2 aromatic carbocycles. The molecule has 1 heterocycles. The molecule has 0 radical (unpaired) electrons. The number of benzene rings is 2. The molecule has 0 aliphatic carbocycles. The third kappa shape index (κ3) is 3.23. The van der Waals surface area contributed by atoms with E-state index in [1.54, 1.807) is 12.1 Å². The largest absolute Gasteiger partial charge is 0.458 e. The summed E-state index contributed by atoms with van der Waals surface area (Å²) in [5.74, 6) is 0.328. The number of hydrogen-bond donors (Lipinski definition) is 1. The molecule has 0 saturated heterocycles. The molecule has 0 unspecified atom stereocenters. The van der Waals surface area contributed by atoms with Crippen LogP contribution in [0.4, 0.5) is 0 Å². The summed E-state index contributed by atoms with van der Waals surface area (Å²) in [6.07, 6.45) is 1.53. The number of aromatic amines is 1. The van der Waals surface area contributed by atoms with Gasteiger partial charge in [-0.15, -0.1) is 0 Å². The zero-order valence-electron chi connectivity index (χ0n) is 12.0. The van der Waals surface area contributed by atoms with Crippen molar-refractivity contribution in [1.82, 2.24) is 9.97 Å². The van der Waals surface area contributed by atoms with E-state index in [-0.39, 0.29) is 6.61 Å². The summed E-state index contributed by atoms with van der Waals surface area (Å²) < 4.78 is 6.75. The van der Waals surface area contributed by atoms with Crippen molar-refractivity contribution in [3.05, 3.63) is 63.6 Å². The molecule has 4 nitrogen and oxygen atoms in total. The molecule has 0 fully saturated rings. The Morgan fingerprint density at radius 3 is 2.78 bits per heavy atom. The summed E-state index contributed by atoms with van der Waals surface area (Å²) in [6.45, 7) is 3.71. The summed E-state index contributed by atoms with van der Waals surface area (Å²) in [6, 6.07) is 11.3. The molecule has 0 spiro atoms. The number of rotatable bonds is 4. The molecular weight excluding hydrogens is 424 g/mol. The fraction of sp³-hybridized carbons (Fsp3) is 0.0588. The number of aromatic nitrogens is 2. The van der Waals surface area contributed by atoms with Gasteiger partial charge in [-0.2, -0.15) is 0 Å². The summed E-state index contributed by atoms with van der Waals surface area (Å²) in [7, 11) is 0. The minimum atomic E-state index is -0.399. The van der Waals surface area contributed by atoms with Crippen LogP contribution in [0.3, 0.4) is 0 Å². The van der Waals surface area contributed by atoms with Gasteiger partial charge in [0.25, 0.3) is 0 Å². The van der Waals surface area contributed by atoms with E-state index in [1.165, 1.54) is 6.08 Å². The van der Waals surface area contributed by atoms with E-state index in [9.17, 15) is 4.79 Å². The third-order valence-electron chi connectivity index (χ3n) is 3.24. The van der Waals surface area contributed by atoms with Gasteiger partial charge >= 0.3 is 5.97 Å². The van der Waals surface area contributed by atoms with Gasteiger partial charge in [0.1, 0.15) is 17.9 Å². The molecule has 6 heteroatoms. The fourth-order valence-electron chi connectivity index (χ4n) is 2.19. The lowest BCUT2D eigenvalue weighted by molar-refractivity contribution is 0.0550. The number of nitrogens with one attached hydrogen (secondary N) is 1. The maximum atomic E-state index is 12.0. The van der Waals surface area contributed by atoms with Crippen LogP contribution in [0.5, 0.6) is 0 Å². The maximum Gasteiger partial charge on any atom is 0.338 e. The molecule has 3 rings (SSSR count). The van der Waals surface area contributed by atoms with Gasteiger partial charge in [-0.3, -0.25) is 0 Å². The highest BCUT2D eigenvalue weighted by Gasteiger charge is 2.15. The van der Waals surface area contributed by atoms with E-state index in [1.807, 2.05) is 24.3 Å². The van der Waals surface area contributed by atoms with E-state index in [2.05, 4.69) is 48.4 Å². The first-order valence-corrected chi connectivity index (χ1v) is 8.41. The highest BCUT2D eigenvalue weighted by Crippen LogP contribution is 2.31. The molecule has 1 aromatic heterocycles. The molecule has 23 heavy (non-hydrogen) atoms. The number of imidazole rings is 1. The van der Waals surface area contributed by atoms with Crippen LogP contribution in [0.2, 0.25) is 0 Å². The Morgan fingerprint density at radius 1 is 1.26 bits per heavy atom. The van der Waals surface area contributed by atoms with Crippen molar-refractivity contribution in [2.45, 2.75) is 0 Å². The number of nitrogens with zero attached hydrogens (tertiary/aromatic N) is 1. The van der Waals surface area contributed by atoms with E-state index >= 15 is 0 Å². The fourth-order valence-corrected chi connectivity index (χ4v) is 3.21. The second-order valence-corrected chi connectivity index (χ2v) is 6.52. The number of ether oxygens (including phenoxy) is 1. The van der Waals surface area contributed by atoms with Gasteiger partial charge in [-0.05, 0) is 34.1 Å². The summed E-state index contributed by atoms with van der Waals surface area (Å²) in [5.41, 5.74) is 2.92. The molecule has 0 saturated carbocycles. The Balaban J connectivity index is 2.06. The van der Waals surface area contributed by atoms with Crippen molar-refractivity contribution in [2.24, 2.45) is 0 Å². The van der Waals surface area contributed by atoms with Crippen LogP contribution in [0.15, 0.2) is 58.0 Å². The van der Waals surface area contributed by atoms with Gasteiger partial charge in [-0.25, -0.2) is 9.78 Å². The summed E-state index contributed by atoms with van der Waals surface area (Å²) >= 11 is 6.99. The number of halogens is 2. The zero-order chi connectivity index (χ0) is 16.4. The minimum Gasteiger partial charge on any atom is -0.458 e. The van der Waals surface area contributed by atoms with E-state index in [0.717, 1.165) is 31.4 Å². The van der Waals surface area contributed by atoms with E-state index in [4.69, 9.17) is 4.74 Å². The molecular formula is C17H12Br2N2O2. The van der Waals surface area contributed by atoms with Crippen molar-refractivity contribution >= 4 is 48.9 Å². The molecule has 3 aromatic rings. The predicted molar refractivity (Wildman–Crippen MR) is 97.4 cm³/mol. The number of carbonyl (C=O) groups is 1. The number of esters is 1. The molecule has 116 valence electrons. The SMILES string of the molecule is C=CCOC(=O)c1cc(Br)c2nc(-c3ccccc3Br)[nH]c2c1. The summed E-state index contributed by atoms with van der Waals surface area (Å²) in [5, 5.41) is 0. The topological polar surface area (TPSA) is 55.0 Å². The minimum absolute atomic E-state index is 0.180. The highest BCUT2D eigenvalue weighted by atomic mass is 79.9. The van der Waals surface area contributed by atoms with Crippen molar-refractivity contribution in [3.63, 3.8) is 0 Å². The lowest BCUT2D eigenvalue weighted by atomic mass is 10.2. The van der Waals surface area contributed by atoms with Crippen LogP contribution in [0.25, 0.3) is 22.4 Å². The standard InChI is InChI=1S/C17H12Br2N2O2/c1-2-7-23-17(22)10-8-13(19)15-14(9-10)20-16(21-15)11-5-3-4-6-12(11)18/h2-6,8-9H,1,7H2,(H,20,21). The quantitative estimate of drug-likeness (QED) is 0.458. The van der Waals surface area contributed by atoms with Crippen molar-refractivity contribution in [2.75, 3.05) is 6.61 Å². The first kappa shape index (κ1) is 16.0. The first-order chi connectivity index (χ1) is 11.1. The highest BCUT2D eigenvalue weighted by molar-refractivity contribution is 9.11. The second kappa shape index (κ2) is 6.68. The second-order valence-electron chi connectivity index (χ2n) is 4.81. The zero-order valence-corrected chi connectivity index (χ0v) is 15.1. The Bertz CT molecular complexity index is 903. The van der Waals surface area contributed by atoms with Crippen LogP contribution in [0, 0.1) is 0 Å². The van der Waals surface area contributed by atoms with E-state index in [0.29, 0.717) is 5.56 Å². The first-order valence-electron chi connectivity index (χ1n) is 6.82. The van der Waals surface area contributed by atoms with Gasteiger partial charge in [0.2, 0.25) is 0 Å². The van der Waals surface area contributed by atoms with Gasteiger partial charge in [0.05, 0.1) is 11.1 Å². The average molecular weight is 436 g/mol. The Kier molecular flexibility index (Phi) is 4.63. The lowest BCUT2D eigenvalue weighted by Crippen LogP contribution is -2.05. The smallest absolute Gasteiger partial charge is 0.338 e. The number of H-pyrrole nitrogens is 1. The van der Waals surface area contributed by atoms with Crippen molar-refractivity contribution < 1.29 is 9.53 Å².